The van der Waals surface area contributed by atoms with Crippen LogP contribution in [0.5, 0.6) is 0 Å². The Balaban J connectivity index is 1.82. The Morgan fingerprint density at radius 3 is 2.53 bits per heavy atom. The maximum atomic E-state index is 15.2. The van der Waals surface area contributed by atoms with E-state index in [1.807, 2.05) is 0 Å². The van der Waals surface area contributed by atoms with E-state index in [2.05, 4.69) is 5.32 Å². The Labute approximate surface area is 185 Å². The summed E-state index contributed by atoms with van der Waals surface area (Å²) in [7, 11) is 0. The number of carbonyl (C=O) groups excluding carboxylic acids is 1. The molecule has 1 fully saturated rings. The summed E-state index contributed by atoms with van der Waals surface area (Å²) in [5.41, 5.74) is 0.267. The first-order valence-electron chi connectivity index (χ1n) is 9.55. The average molecular weight is 453 g/mol. The minimum Gasteiger partial charge on any atom is -0.444 e. The van der Waals surface area contributed by atoms with Crippen molar-refractivity contribution in [3.8, 4) is 11.1 Å². The summed E-state index contributed by atoms with van der Waals surface area (Å²) in [6.07, 6.45) is -1.86. The van der Waals surface area contributed by atoms with Gasteiger partial charge in [-0.3, -0.25) is 4.90 Å². The number of hydrogen-bond donors (Lipinski definition) is 1. The molecule has 30 heavy (non-hydrogen) atoms. The zero-order valence-corrected chi connectivity index (χ0v) is 18.5. The number of thiocarbonyl (C=S) groups is 1. The quantitative estimate of drug-likeness (QED) is 0.560. The number of nitrogens with zero attached hydrogens (tertiary/aromatic N) is 1. The van der Waals surface area contributed by atoms with E-state index < -0.39 is 29.7 Å². The summed E-state index contributed by atoms with van der Waals surface area (Å²) in [5.74, 6) is -0.536. The lowest BCUT2D eigenvalue weighted by atomic mass is 10.0. The van der Waals surface area contributed by atoms with Crippen LogP contribution in [0.4, 0.5) is 19.3 Å². The Bertz CT molecular complexity index is 964. The van der Waals surface area contributed by atoms with E-state index in [1.54, 1.807) is 57.2 Å². The number of nitrogens with one attached hydrogen (secondary N) is 1. The van der Waals surface area contributed by atoms with Gasteiger partial charge in [-0.25, -0.2) is 13.6 Å². The van der Waals surface area contributed by atoms with Crippen molar-refractivity contribution in [2.75, 3.05) is 11.9 Å². The van der Waals surface area contributed by atoms with Crippen molar-refractivity contribution in [1.29, 1.82) is 0 Å². The molecule has 0 bridgehead atoms. The third-order valence-corrected chi connectivity index (χ3v) is 5.31. The second-order valence-corrected chi connectivity index (χ2v) is 8.96. The number of amides is 1. The number of halogens is 3. The van der Waals surface area contributed by atoms with Crippen molar-refractivity contribution in [2.45, 2.75) is 45.0 Å². The minimum atomic E-state index is -1.23. The topological polar surface area (TPSA) is 41.6 Å². The van der Waals surface area contributed by atoms with Crippen molar-refractivity contribution in [1.82, 2.24) is 4.90 Å². The largest absolute Gasteiger partial charge is 0.444 e. The number of carbonyl (C=O) groups is 1. The van der Waals surface area contributed by atoms with Crippen LogP contribution in [0.25, 0.3) is 11.1 Å². The Kier molecular flexibility index (Phi) is 6.62. The number of hydrogen-bond acceptors (Lipinski definition) is 3. The van der Waals surface area contributed by atoms with Gasteiger partial charge in [0.25, 0.3) is 0 Å². The fourth-order valence-electron chi connectivity index (χ4n) is 3.29. The van der Waals surface area contributed by atoms with Crippen LogP contribution in [0.3, 0.4) is 0 Å². The molecule has 0 spiro atoms. The number of anilines is 1. The fraction of sp³-hybridized carbons (Fsp3) is 0.364. The van der Waals surface area contributed by atoms with E-state index in [0.29, 0.717) is 16.1 Å². The molecule has 1 amide bonds. The van der Waals surface area contributed by atoms with Gasteiger partial charge in [0.15, 0.2) is 5.82 Å². The lowest BCUT2D eigenvalue weighted by Crippen LogP contribution is -2.44. The zero-order chi connectivity index (χ0) is 22.1. The molecule has 1 saturated heterocycles. The van der Waals surface area contributed by atoms with Gasteiger partial charge in [-0.1, -0.05) is 54.2 Å². The predicted molar refractivity (Wildman–Crippen MR) is 119 cm³/mol. The van der Waals surface area contributed by atoms with Gasteiger partial charge in [0.05, 0.1) is 18.3 Å². The van der Waals surface area contributed by atoms with E-state index in [-0.39, 0.29) is 23.6 Å². The smallest absolute Gasteiger partial charge is 0.410 e. The predicted octanol–water partition coefficient (Wildman–Crippen LogP) is 6.23. The highest BCUT2D eigenvalue weighted by Gasteiger charge is 2.40. The SMILES string of the molecule is CC(C)(C)OC(=O)N1C[C@H](F)C[C@H]1C(=S)Nc1cccc(-c2ccccc2Cl)c1F. The van der Waals surface area contributed by atoms with E-state index in [9.17, 15) is 9.18 Å². The molecule has 1 heterocycles. The summed E-state index contributed by atoms with van der Waals surface area (Å²) in [5, 5.41) is 3.27. The molecule has 0 radical (unpaired) electrons. The maximum absolute atomic E-state index is 15.2. The first kappa shape index (κ1) is 22.4. The van der Waals surface area contributed by atoms with Crippen molar-refractivity contribution >= 4 is 40.6 Å². The monoisotopic (exact) mass is 452 g/mol. The van der Waals surface area contributed by atoms with Crippen LogP contribution in [0.2, 0.25) is 5.02 Å². The molecule has 1 N–H and O–H groups in total. The molecule has 1 aliphatic rings. The first-order chi connectivity index (χ1) is 14.1. The van der Waals surface area contributed by atoms with Crippen LogP contribution in [0.1, 0.15) is 27.2 Å². The van der Waals surface area contributed by atoms with Crippen molar-refractivity contribution in [3.63, 3.8) is 0 Å². The molecule has 8 heteroatoms. The van der Waals surface area contributed by atoms with Gasteiger partial charge in [0.1, 0.15) is 16.8 Å². The number of rotatable bonds is 3. The molecule has 0 saturated carbocycles. The summed E-state index contributed by atoms with van der Waals surface area (Å²) < 4.78 is 34.6. The maximum Gasteiger partial charge on any atom is 0.410 e. The molecular weight excluding hydrogens is 430 g/mol. The van der Waals surface area contributed by atoms with Crippen molar-refractivity contribution in [3.05, 3.63) is 53.3 Å². The van der Waals surface area contributed by atoms with Crippen LogP contribution in [0, 0.1) is 5.82 Å². The van der Waals surface area contributed by atoms with E-state index in [0.717, 1.165) is 0 Å². The normalized spacial score (nSPS) is 18.9. The van der Waals surface area contributed by atoms with Crippen LogP contribution >= 0.6 is 23.8 Å². The molecule has 160 valence electrons. The highest BCUT2D eigenvalue weighted by Crippen LogP contribution is 2.33. The molecule has 0 aliphatic carbocycles. The van der Waals surface area contributed by atoms with E-state index >= 15 is 4.39 Å². The molecule has 4 nitrogen and oxygen atoms in total. The van der Waals surface area contributed by atoms with Crippen LogP contribution in [-0.2, 0) is 4.74 Å². The van der Waals surface area contributed by atoms with Crippen LogP contribution < -0.4 is 5.32 Å². The lowest BCUT2D eigenvalue weighted by Gasteiger charge is -2.29. The third-order valence-electron chi connectivity index (χ3n) is 4.60. The number of alkyl halides is 1. The zero-order valence-electron chi connectivity index (χ0n) is 16.9. The van der Waals surface area contributed by atoms with Gasteiger partial charge in [0.2, 0.25) is 0 Å². The summed E-state index contributed by atoms with van der Waals surface area (Å²) in [6, 6.07) is 11.0. The summed E-state index contributed by atoms with van der Waals surface area (Å²) >= 11 is 11.6. The van der Waals surface area contributed by atoms with Gasteiger partial charge >= 0.3 is 6.09 Å². The van der Waals surface area contributed by atoms with Crippen molar-refractivity contribution < 1.29 is 18.3 Å². The second kappa shape index (κ2) is 8.86. The molecule has 1 aliphatic heterocycles. The van der Waals surface area contributed by atoms with Gasteiger partial charge in [0, 0.05) is 22.6 Å². The van der Waals surface area contributed by atoms with Gasteiger partial charge < -0.3 is 10.1 Å². The Hall–Kier alpha value is -2.25. The van der Waals surface area contributed by atoms with Crippen LogP contribution in [-0.4, -0.2) is 40.3 Å². The van der Waals surface area contributed by atoms with E-state index in [4.69, 9.17) is 28.6 Å². The summed E-state index contributed by atoms with van der Waals surface area (Å²) in [4.78, 5) is 13.9. The molecule has 2 aromatic carbocycles. The Morgan fingerprint density at radius 1 is 1.20 bits per heavy atom. The third kappa shape index (κ3) is 5.08. The fourth-order valence-corrected chi connectivity index (χ4v) is 3.86. The molecule has 3 rings (SSSR count). The van der Waals surface area contributed by atoms with Gasteiger partial charge in [-0.2, -0.15) is 0 Å². The van der Waals surface area contributed by atoms with Crippen LogP contribution in [0.15, 0.2) is 42.5 Å². The molecule has 2 aromatic rings. The van der Waals surface area contributed by atoms with E-state index in [1.165, 1.54) is 11.0 Å². The summed E-state index contributed by atoms with van der Waals surface area (Å²) in [6.45, 7) is 5.07. The highest BCUT2D eigenvalue weighted by molar-refractivity contribution is 7.80. The van der Waals surface area contributed by atoms with Crippen molar-refractivity contribution in [2.24, 2.45) is 0 Å². The number of ether oxygens (including phenoxy) is 1. The van der Waals surface area contributed by atoms with Gasteiger partial charge in [-0.05, 0) is 32.9 Å². The average Bonchev–Trinajstić information content (AvgIpc) is 3.05. The second-order valence-electron chi connectivity index (χ2n) is 8.12. The lowest BCUT2D eigenvalue weighted by molar-refractivity contribution is 0.0257. The minimum absolute atomic E-state index is 0.0247. The number of likely N-dealkylation sites (tertiary alicyclic amines) is 1. The van der Waals surface area contributed by atoms with Gasteiger partial charge in [-0.15, -0.1) is 0 Å². The standard InChI is InChI=1S/C22H23ClF2N2O2S/c1-22(2,3)29-21(28)27-12-13(24)11-18(27)20(30)26-17-10-6-8-15(19(17)25)14-7-4-5-9-16(14)23/h4-10,13,18H,11-12H2,1-3H3,(H,26,30)/t13-,18+/m1/s1. The molecule has 2 atom stereocenters. The highest BCUT2D eigenvalue weighted by atomic mass is 35.5. The molecular formula is C22H23ClF2N2O2S. The molecule has 0 unspecified atom stereocenters. The number of benzene rings is 2. The first-order valence-corrected chi connectivity index (χ1v) is 10.3. The Morgan fingerprint density at radius 2 is 1.87 bits per heavy atom. The molecule has 0 aromatic heterocycles.